The molecule has 0 fully saturated rings. The topological polar surface area (TPSA) is 79.5 Å². The summed E-state index contributed by atoms with van der Waals surface area (Å²) < 4.78 is 1.72. The average molecular weight is 310 g/mol. The minimum atomic E-state index is -0.957. The van der Waals surface area contributed by atoms with Crippen molar-refractivity contribution in [3.8, 4) is 11.1 Å². The fourth-order valence-corrected chi connectivity index (χ4v) is 2.39. The zero-order chi connectivity index (χ0) is 16.4. The maximum Gasteiger partial charge on any atom is 0.252 e. The first kappa shape index (κ1) is 15.2. The molecule has 0 radical (unpaired) electrons. The van der Waals surface area contributed by atoms with Crippen LogP contribution in [0.3, 0.4) is 0 Å². The normalized spacial score (nSPS) is 11.6. The highest BCUT2D eigenvalue weighted by atomic mass is 16.3. The number of carbonyl (C=O) groups is 1. The molecule has 6 nitrogen and oxygen atoms in total. The third kappa shape index (κ3) is 3.22. The summed E-state index contributed by atoms with van der Waals surface area (Å²) in [4.78, 5) is 16.5. The number of carbonyl (C=O) groups excluding carboxylic acids is 1. The summed E-state index contributed by atoms with van der Waals surface area (Å²) in [6.07, 6.45) is 5.02. The van der Waals surface area contributed by atoms with Crippen LogP contribution < -0.4 is 5.32 Å². The second-order valence-corrected chi connectivity index (χ2v) is 6.01. The summed E-state index contributed by atoms with van der Waals surface area (Å²) in [6.45, 7) is 3.48. The van der Waals surface area contributed by atoms with E-state index in [1.54, 1.807) is 30.6 Å². The second kappa shape index (κ2) is 5.81. The van der Waals surface area contributed by atoms with Crippen molar-refractivity contribution in [2.75, 3.05) is 6.54 Å². The van der Waals surface area contributed by atoms with E-state index in [-0.39, 0.29) is 12.5 Å². The van der Waals surface area contributed by atoms with E-state index in [0.29, 0.717) is 5.56 Å². The van der Waals surface area contributed by atoms with Crippen molar-refractivity contribution in [2.24, 2.45) is 0 Å². The predicted octanol–water partition coefficient (Wildman–Crippen LogP) is 1.90. The van der Waals surface area contributed by atoms with Crippen LogP contribution in [-0.4, -0.2) is 37.8 Å². The Balaban J connectivity index is 2.00. The monoisotopic (exact) mass is 310 g/mol. The zero-order valence-corrected chi connectivity index (χ0v) is 13.0. The van der Waals surface area contributed by atoms with Gasteiger partial charge in [0, 0.05) is 23.9 Å². The van der Waals surface area contributed by atoms with Gasteiger partial charge in [-0.1, -0.05) is 18.2 Å². The van der Waals surface area contributed by atoms with E-state index in [9.17, 15) is 9.90 Å². The first-order valence-corrected chi connectivity index (χ1v) is 7.33. The van der Waals surface area contributed by atoms with Crippen LogP contribution in [0.4, 0.5) is 0 Å². The lowest BCUT2D eigenvalue weighted by Crippen LogP contribution is -2.38. The molecule has 1 aromatic carbocycles. The van der Waals surface area contributed by atoms with Gasteiger partial charge in [-0.15, -0.1) is 0 Å². The van der Waals surface area contributed by atoms with Gasteiger partial charge in [0.1, 0.15) is 6.33 Å². The van der Waals surface area contributed by atoms with Crippen LogP contribution in [0, 0.1) is 0 Å². The number of fused-ring (bicyclic) bond motifs is 1. The second-order valence-electron chi connectivity index (χ2n) is 6.01. The highest BCUT2D eigenvalue weighted by Crippen LogP contribution is 2.28. The molecular formula is C17H18N4O2. The Morgan fingerprint density at radius 2 is 2.04 bits per heavy atom. The van der Waals surface area contributed by atoms with Crippen molar-refractivity contribution in [1.29, 1.82) is 0 Å². The molecule has 3 aromatic rings. The van der Waals surface area contributed by atoms with Crippen LogP contribution in [0.2, 0.25) is 0 Å². The molecule has 0 aliphatic heterocycles. The van der Waals surface area contributed by atoms with E-state index in [4.69, 9.17) is 0 Å². The summed E-state index contributed by atoms with van der Waals surface area (Å²) in [6, 6.07) is 9.27. The lowest BCUT2D eigenvalue weighted by Gasteiger charge is -2.18. The van der Waals surface area contributed by atoms with Crippen molar-refractivity contribution in [2.45, 2.75) is 19.4 Å². The first-order chi connectivity index (χ1) is 11.0. The molecule has 0 aliphatic carbocycles. The molecule has 0 atom stereocenters. The van der Waals surface area contributed by atoms with Crippen LogP contribution in [0.25, 0.3) is 16.6 Å². The number of hydrogen-bond donors (Lipinski definition) is 2. The molecular weight excluding hydrogens is 292 g/mol. The predicted molar refractivity (Wildman–Crippen MR) is 87.1 cm³/mol. The molecule has 1 amide bonds. The fraction of sp³-hybridized carbons (Fsp3) is 0.235. The fourth-order valence-electron chi connectivity index (χ4n) is 2.39. The minimum Gasteiger partial charge on any atom is -0.389 e. The van der Waals surface area contributed by atoms with Gasteiger partial charge in [-0.3, -0.25) is 4.79 Å². The Bertz CT molecular complexity index is 849. The van der Waals surface area contributed by atoms with Crippen LogP contribution in [0.1, 0.15) is 24.2 Å². The van der Waals surface area contributed by atoms with E-state index >= 15 is 0 Å². The van der Waals surface area contributed by atoms with Crippen molar-refractivity contribution >= 4 is 11.4 Å². The van der Waals surface area contributed by atoms with Gasteiger partial charge < -0.3 is 10.4 Å². The Kier molecular flexibility index (Phi) is 3.83. The van der Waals surface area contributed by atoms with Crippen molar-refractivity contribution in [1.82, 2.24) is 19.9 Å². The highest BCUT2D eigenvalue weighted by molar-refractivity contribution is 6.02. The number of nitrogens with one attached hydrogen (secondary N) is 1. The third-order valence-corrected chi connectivity index (χ3v) is 3.49. The number of hydrogen-bond acceptors (Lipinski definition) is 4. The molecule has 0 unspecified atom stereocenters. The molecule has 3 rings (SSSR count). The number of amides is 1. The molecule has 23 heavy (non-hydrogen) atoms. The van der Waals surface area contributed by atoms with Gasteiger partial charge in [0.25, 0.3) is 5.91 Å². The summed E-state index contributed by atoms with van der Waals surface area (Å²) in [7, 11) is 0. The van der Waals surface area contributed by atoms with Crippen LogP contribution in [0.15, 0.2) is 49.1 Å². The summed E-state index contributed by atoms with van der Waals surface area (Å²) in [5, 5.41) is 16.7. The van der Waals surface area contributed by atoms with E-state index in [2.05, 4.69) is 15.4 Å². The number of rotatable bonds is 4. The summed E-state index contributed by atoms with van der Waals surface area (Å²) in [5.74, 6) is -0.223. The van der Waals surface area contributed by atoms with Gasteiger partial charge in [-0.2, -0.15) is 5.10 Å². The van der Waals surface area contributed by atoms with Crippen LogP contribution in [0.5, 0.6) is 0 Å². The van der Waals surface area contributed by atoms with E-state index in [1.165, 1.54) is 6.33 Å². The molecule has 118 valence electrons. The SMILES string of the molecule is CC(C)(O)CNC(=O)c1ccccc1-c1ccn2ncncc12. The lowest BCUT2D eigenvalue weighted by atomic mass is 10.00. The van der Waals surface area contributed by atoms with Crippen molar-refractivity contribution in [3.63, 3.8) is 0 Å². The van der Waals surface area contributed by atoms with Gasteiger partial charge in [0.15, 0.2) is 0 Å². The molecule has 6 heteroatoms. The van der Waals surface area contributed by atoms with Gasteiger partial charge in [0.2, 0.25) is 0 Å². The number of benzene rings is 1. The van der Waals surface area contributed by atoms with E-state index in [0.717, 1.165) is 16.6 Å². The Morgan fingerprint density at radius 3 is 2.83 bits per heavy atom. The average Bonchev–Trinajstić information content (AvgIpc) is 2.96. The quantitative estimate of drug-likeness (QED) is 0.771. The molecule has 2 heterocycles. The molecule has 0 saturated heterocycles. The molecule has 0 aliphatic rings. The van der Waals surface area contributed by atoms with Gasteiger partial charge in [-0.25, -0.2) is 9.50 Å². The molecule has 0 spiro atoms. The molecule has 2 N–H and O–H groups in total. The largest absolute Gasteiger partial charge is 0.389 e. The summed E-state index contributed by atoms with van der Waals surface area (Å²) >= 11 is 0. The Labute approximate surface area is 133 Å². The zero-order valence-electron chi connectivity index (χ0n) is 13.0. The summed E-state index contributed by atoms with van der Waals surface area (Å²) in [5.41, 5.74) is 2.11. The Morgan fingerprint density at radius 1 is 1.26 bits per heavy atom. The van der Waals surface area contributed by atoms with Crippen molar-refractivity contribution < 1.29 is 9.90 Å². The molecule has 0 bridgehead atoms. The maximum atomic E-state index is 12.5. The smallest absolute Gasteiger partial charge is 0.252 e. The standard InChI is InChI=1S/C17H18N4O2/c1-17(2,23)10-19-16(22)14-6-4-3-5-12(14)13-7-8-21-15(13)9-18-11-20-21/h3-9,11,23H,10H2,1-2H3,(H,19,22). The van der Waals surface area contributed by atoms with Crippen LogP contribution in [-0.2, 0) is 0 Å². The highest BCUT2D eigenvalue weighted by Gasteiger charge is 2.18. The number of aliphatic hydroxyl groups is 1. The van der Waals surface area contributed by atoms with E-state index in [1.807, 2.05) is 30.5 Å². The minimum absolute atomic E-state index is 0.180. The van der Waals surface area contributed by atoms with Crippen LogP contribution >= 0.6 is 0 Å². The van der Waals surface area contributed by atoms with Gasteiger partial charge in [-0.05, 0) is 31.5 Å². The molecule has 2 aromatic heterocycles. The lowest BCUT2D eigenvalue weighted by molar-refractivity contribution is 0.0694. The first-order valence-electron chi connectivity index (χ1n) is 7.33. The maximum absolute atomic E-state index is 12.5. The number of nitrogens with zero attached hydrogens (tertiary/aromatic N) is 3. The number of aromatic nitrogens is 3. The van der Waals surface area contributed by atoms with Gasteiger partial charge >= 0.3 is 0 Å². The molecule has 0 saturated carbocycles. The van der Waals surface area contributed by atoms with E-state index < -0.39 is 5.60 Å². The van der Waals surface area contributed by atoms with Crippen molar-refractivity contribution in [3.05, 3.63) is 54.6 Å². The Hall–Kier alpha value is -2.73. The third-order valence-electron chi connectivity index (χ3n) is 3.49. The van der Waals surface area contributed by atoms with Gasteiger partial charge in [0.05, 0.1) is 17.3 Å².